The molecule has 8 aromatic heterocycles. The van der Waals surface area contributed by atoms with Gasteiger partial charge in [0.1, 0.15) is 96.0 Å². The number of carbonyl (C=O) groups is 8. The molecule has 0 spiro atoms. The smallest absolute Gasteiger partial charge is 0.342 e. The second kappa shape index (κ2) is 43.5. The number of hydrogen-bond acceptors (Lipinski definition) is 24. The van der Waals surface area contributed by atoms with Crippen molar-refractivity contribution in [1.29, 1.82) is 0 Å². The molecule has 4 atom stereocenters. The lowest BCUT2D eigenvalue weighted by Gasteiger charge is -2.20. The van der Waals surface area contributed by atoms with Crippen LogP contribution in [0.3, 0.4) is 0 Å². The average Bonchev–Trinajstić information content (AvgIpc) is 1.62. The van der Waals surface area contributed by atoms with E-state index in [0.717, 1.165) is 43.3 Å². The zero-order valence-corrected chi connectivity index (χ0v) is 79.0. The molecule has 36 nitrogen and oxygen atoms in total. The summed E-state index contributed by atoms with van der Waals surface area (Å²) in [5.74, 6) is 21.9. The Balaban J connectivity index is 0.000000157. The van der Waals surface area contributed by atoms with Crippen molar-refractivity contribution in [2.24, 2.45) is 0 Å². The Morgan fingerprint density at radius 3 is 0.786 bits per heavy atom. The SMILES string of the molecule is CN1C(=O)C(NC(=O)n2cc(Cc3cccc(F)n3)cn2)COc2ccc(C#CC(C)(C)O)cc21.CN1C(=O)[C@H](NC(=O)n2cc(Cc3cccc(F)n3)cn2)COc2ccc(C#CC(C)(C)O)cc21.Cc1cccc(Cc2cnn(C(=O)NC3COc4ccc(C#CC(C)(C)O)cc4N(C)C3=O)c2)n1.Cc1cccc(Cc2cnn(C(=O)N[C@@H]3COc4ccc(C#CC(C)(C)O)cc4N(C)C3=O)c2)n1. The Bertz CT molecular complexity index is 6150. The highest BCUT2D eigenvalue weighted by atomic mass is 19.1. The fourth-order valence-electron chi connectivity index (χ4n) is 14.1. The molecule has 4 aliphatic rings. The minimum Gasteiger partial charge on any atom is -0.489 e. The number of aryl methyl sites for hydroxylation is 2. The maximum Gasteiger partial charge on any atom is 0.342 e. The number of aliphatic hydroxyl groups is 4. The molecule has 720 valence electrons. The van der Waals surface area contributed by atoms with Crippen molar-refractivity contribution in [1.82, 2.24) is 80.3 Å². The summed E-state index contributed by atoms with van der Waals surface area (Å²) in [7, 11) is 6.40. The van der Waals surface area contributed by atoms with Gasteiger partial charge in [-0.05, 0) is 213 Å². The third-order valence-corrected chi connectivity index (χ3v) is 21.0. The first-order valence-electron chi connectivity index (χ1n) is 44.0. The Kier molecular flexibility index (Phi) is 31.3. The number of halogens is 2. The van der Waals surface area contributed by atoms with E-state index in [-0.39, 0.29) is 50.1 Å². The molecule has 8 N–H and O–H groups in total. The van der Waals surface area contributed by atoms with Crippen LogP contribution in [0.2, 0.25) is 0 Å². The van der Waals surface area contributed by atoms with Crippen LogP contribution in [0.5, 0.6) is 23.0 Å². The molecule has 0 aliphatic carbocycles. The van der Waals surface area contributed by atoms with Crippen LogP contribution in [0.1, 0.15) is 134 Å². The predicted molar refractivity (Wildman–Crippen MR) is 511 cm³/mol. The lowest BCUT2D eigenvalue weighted by molar-refractivity contribution is -0.121. The third kappa shape index (κ3) is 27.8. The van der Waals surface area contributed by atoms with Crippen molar-refractivity contribution in [2.45, 2.75) is 141 Å². The third-order valence-electron chi connectivity index (χ3n) is 21.0. The van der Waals surface area contributed by atoms with Crippen LogP contribution >= 0.6 is 0 Å². The second-order valence-electron chi connectivity index (χ2n) is 35.1. The molecule has 0 fully saturated rings. The lowest BCUT2D eigenvalue weighted by atomic mass is 10.1. The molecule has 0 saturated heterocycles. The molecule has 8 amide bonds. The molecule has 4 aliphatic heterocycles. The van der Waals surface area contributed by atoms with Gasteiger partial charge in [0.15, 0.2) is 0 Å². The Morgan fingerprint density at radius 1 is 0.350 bits per heavy atom. The molecule has 2 unspecified atom stereocenters. The van der Waals surface area contributed by atoms with Gasteiger partial charge in [-0.1, -0.05) is 71.6 Å². The van der Waals surface area contributed by atoms with Crippen LogP contribution in [0.15, 0.2) is 195 Å². The van der Waals surface area contributed by atoms with Crippen molar-refractivity contribution in [2.75, 3.05) is 74.2 Å². The number of carbonyl (C=O) groups excluding carboxylic acids is 8. The standard InChI is InChI=1S/2C26H27N5O4.2C25H24FN5O4/c2*1-17-6-5-7-20(28-17)12-19-14-27-31(15-19)25(33)29-21-16-35-23-9-8-18(10-11-26(2,3)34)13-22(23)30(4)24(21)32;2*1-25(2,34)10-9-16-7-8-21-20(12-16)30(3)23(32)19(15-35-21)29-24(33)31-14-17(13-27-31)11-18-5-4-6-22(26)28-18/h2*5-9,13-15,21,34H,12,16H2,1-4H3,(H,29,33);2*4-8,12-14,19,34H,11,15H2,1-3H3,(H,29,33)/t21-;;19-;/m1.1./s1. The number of fused-ring (bicyclic) bond motifs is 4. The maximum absolute atomic E-state index is 13.3. The number of aromatic nitrogens is 12. The number of anilines is 4. The highest BCUT2D eigenvalue weighted by Crippen LogP contribution is 2.36. The first kappa shape index (κ1) is 101. The van der Waals surface area contributed by atoms with E-state index in [1.54, 1.807) is 205 Å². The number of nitrogens with one attached hydrogen (secondary N) is 4. The van der Waals surface area contributed by atoms with E-state index < -0.39 is 82.6 Å². The van der Waals surface area contributed by atoms with E-state index in [0.29, 0.717) is 116 Å². The monoisotopic (exact) mass is 1900 g/mol. The van der Waals surface area contributed by atoms with Gasteiger partial charge in [-0.2, -0.15) is 47.9 Å². The average molecular weight is 1900 g/mol. The van der Waals surface area contributed by atoms with Crippen LogP contribution in [0, 0.1) is 73.1 Å². The summed E-state index contributed by atoms with van der Waals surface area (Å²) in [6, 6.07) is 35.1. The zero-order valence-electron chi connectivity index (χ0n) is 79.0. The highest BCUT2D eigenvalue weighted by molar-refractivity contribution is 6.04. The lowest BCUT2D eigenvalue weighted by Crippen LogP contribution is -2.50. The molecule has 4 aromatic carbocycles. The van der Waals surface area contributed by atoms with E-state index in [1.807, 2.05) is 50.2 Å². The minimum atomic E-state index is -1.15. The van der Waals surface area contributed by atoms with Gasteiger partial charge in [0.2, 0.25) is 11.9 Å². The molecule has 38 heteroatoms. The molecule has 0 saturated carbocycles. The van der Waals surface area contributed by atoms with Gasteiger partial charge in [0, 0.05) is 135 Å². The van der Waals surface area contributed by atoms with Crippen LogP contribution in [0.4, 0.5) is 50.7 Å². The number of ether oxygens (including phenoxy) is 4. The molecule has 0 bridgehead atoms. The van der Waals surface area contributed by atoms with Crippen LogP contribution in [0.25, 0.3) is 0 Å². The van der Waals surface area contributed by atoms with Crippen LogP contribution < -0.4 is 59.8 Å². The zero-order chi connectivity index (χ0) is 101. The first-order valence-corrected chi connectivity index (χ1v) is 44.0. The van der Waals surface area contributed by atoms with Crippen molar-refractivity contribution in [3.05, 3.63) is 286 Å². The fourth-order valence-corrected chi connectivity index (χ4v) is 14.1. The molecular weight excluding hydrogens is 1800 g/mol. The summed E-state index contributed by atoms with van der Waals surface area (Å²) >= 11 is 0. The normalized spacial score (nSPS) is 15.4. The summed E-state index contributed by atoms with van der Waals surface area (Å²) in [5.41, 5.74) is 7.51. The molecule has 16 rings (SSSR count). The van der Waals surface area contributed by atoms with E-state index >= 15 is 0 Å². The van der Waals surface area contributed by atoms with Crippen LogP contribution in [-0.2, 0) is 44.9 Å². The molecule has 0 radical (unpaired) electrons. The first-order chi connectivity index (χ1) is 66.3. The topological polar surface area (TPSA) is 438 Å². The van der Waals surface area contributed by atoms with Gasteiger partial charge in [-0.25, -0.2) is 29.1 Å². The fraction of sp³-hybridized carbons (Fsp3) is 0.294. The van der Waals surface area contributed by atoms with E-state index in [1.165, 1.54) is 65.9 Å². The van der Waals surface area contributed by atoms with Gasteiger partial charge in [-0.3, -0.25) is 29.1 Å². The van der Waals surface area contributed by atoms with Crippen molar-refractivity contribution in [3.63, 3.8) is 0 Å². The van der Waals surface area contributed by atoms with Crippen LogP contribution in [-0.4, -0.2) is 228 Å². The van der Waals surface area contributed by atoms with Gasteiger partial charge >= 0.3 is 24.1 Å². The molecule has 12 aromatic rings. The summed E-state index contributed by atoms with van der Waals surface area (Å²) in [6.45, 7) is 16.3. The summed E-state index contributed by atoms with van der Waals surface area (Å²) in [4.78, 5) is 126. The number of rotatable bonds is 12. The van der Waals surface area contributed by atoms with Crippen molar-refractivity contribution in [3.8, 4) is 70.4 Å². The van der Waals surface area contributed by atoms with Gasteiger partial charge in [0.05, 0.1) is 47.5 Å². The van der Waals surface area contributed by atoms with E-state index in [4.69, 9.17) is 18.9 Å². The number of likely N-dealkylation sites (N-methyl/N-ethyl adjacent to an activating group) is 4. The molecular formula is C102H102F2N20O16. The summed E-state index contributed by atoms with van der Waals surface area (Å²) < 4.78 is 54.3. The second-order valence-corrected chi connectivity index (χ2v) is 35.1. The van der Waals surface area contributed by atoms with Crippen molar-refractivity contribution < 1.29 is 86.5 Å². The van der Waals surface area contributed by atoms with E-state index in [2.05, 4.69) is 109 Å². The quantitative estimate of drug-likeness (QED) is 0.0418. The summed E-state index contributed by atoms with van der Waals surface area (Å²) in [6.07, 6.45) is 14.1. The number of pyridine rings is 4. The number of nitrogens with zero attached hydrogens (tertiary/aromatic N) is 16. The number of benzene rings is 4. The largest absolute Gasteiger partial charge is 0.489 e. The minimum absolute atomic E-state index is 0.0298. The molecule has 12 heterocycles. The number of hydrogen-bond donors (Lipinski definition) is 8. The number of amides is 8. The summed E-state index contributed by atoms with van der Waals surface area (Å²) in [5, 5.41) is 66.4. The highest BCUT2D eigenvalue weighted by Gasteiger charge is 2.37. The maximum atomic E-state index is 13.3. The van der Waals surface area contributed by atoms with Gasteiger partial charge < -0.3 is 80.2 Å². The Labute approximate surface area is 805 Å². The van der Waals surface area contributed by atoms with Gasteiger partial charge in [0.25, 0.3) is 23.6 Å². The van der Waals surface area contributed by atoms with Gasteiger partial charge in [-0.15, -0.1) is 0 Å². The van der Waals surface area contributed by atoms with Crippen molar-refractivity contribution >= 4 is 70.5 Å². The Hall–Kier alpha value is -16.8. The Morgan fingerprint density at radius 2 is 0.571 bits per heavy atom. The van der Waals surface area contributed by atoms with E-state index in [9.17, 15) is 67.6 Å². The predicted octanol–water partition coefficient (Wildman–Crippen LogP) is 8.79. The molecule has 140 heavy (non-hydrogen) atoms.